The van der Waals surface area contributed by atoms with Gasteiger partial charge in [0.25, 0.3) is 5.91 Å². The van der Waals surface area contributed by atoms with Crippen molar-refractivity contribution in [2.75, 3.05) is 7.05 Å². The number of hydrogen-bond donors (Lipinski definition) is 2. The lowest BCUT2D eigenvalue weighted by molar-refractivity contribution is 0.0957. The molecule has 4 nitrogen and oxygen atoms in total. The number of thiophene rings is 2. The van der Waals surface area contributed by atoms with Crippen LogP contribution in [0.15, 0.2) is 27.4 Å². The van der Waals surface area contributed by atoms with Gasteiger partial charge in [-0.3, -0.25) is 15.1 Å². The van der Waals surface area contributed by atoms with E-state index < -0.39 is 0 Å². The molecule has 0 aliphatic carbocycles. The van der Waals surface area contributed by atoms with Crippen molar-refractivity contribution in [1.82, 2.24) is 10.3 Å². The minimum Gasteiger partial charge on any atom is -0.297 e. The molecule has 19 heavy (non-hydrogen) atoms. The van der Waals surface area contributed by atoms with Crippen molar-refractivity contribution >= 4 is 44.5 Å². The zero-order chi connectivity index (χ0) is 13.8. The molecule has 0 spiro atoms. The minimum absolute atomic E-state index is 0.235. The maximum Gasteiger partial charge on any atom is 0.275 e. The zero-order valence-corrected chi connectivity index (χ0v) is 13.6. The number of halogens is 1. The molecule has 0 saturated heterocycles. The standard InChI is InChI=1S/C12H14BrN3OS2/c1-16(5-8-4-11(13)18-7-8)6-9-2-3-10(19-9)12(17)15-14/h2-4,7H,5-6,14H2,1H3,(H,15,17). The quantitative estimate of drug-likeness (QED) is 0.490. The van der Waals surface area contributed by atoms with Crippen LogP contribution >= 0.6 is 38.6 Å². The molecule has 0 aliphatic heterocycles. The molecule has 2 aromatic rings. The van der Waals surface area contributed by atoms with E-state index in [-0.39, 0.29) is 5.91 Å². The molecule has 2 heterocycles. The van der Waals surface area contributed by atoms with Crippen LogP contribution in [0.25, 0.3) is 0 Å². The highest BCUT2D eigenvalue weighted by Crippen LogP contribution is 2.23. The van der Waals surface area contributed by atoms with E-state index in [2.05, 4.69) is 44.7 Å². The number of amides is 1. The number of nitrogens with one attached hydrogen (secondary N) is 1. The van der Waals surface area contributed by atoms with Gasteiger partial charge in [-0.25, -0.2) is 5.84 Å². The molecule has 3 N–H and O–H groups in total. The van der Waals surface area contributed by atoms with Gasteiger partial charge in [0.1, 0.15) is 0 Å². The van der Waals surface area contributed by atoms with Crippen molar-refractivity contribution in [2.45, 2.75) is 13.1 Å². The molecule has 0 fully saturated rings. The molecule has 2 aromatic heterocycles. The maximum absolute atomic E-state index is 11.4. The van der Waals surface area contributed by atoms with Crippen LogP contribution in [-0.2, 0) is 13.1 Å². The van der Waals surface area contributed by atoms with Crippen LogP contribution in [0, 0.1) is 0 Å². The van der Waals surface area contributed by atoms with E-state index in [4.69, 9.17) is 5.84 Å². The molecule has 0 aliphatic rings. The summed E-state index contributed by atoms with van der Waals surface area (Å²) in [6.07, 6.45) is 0. The fourth-order valence-corrected chi connectivity index (χ4v) is 3.91. The van der Waals surface area contributed by atoms with Gasteiger partial charge < -0.3 is 0 Å². The second kappa shape index (κ2) is 6.62. The van der Waals surface area contributed by atoms with Gasteiger partial charge in [0, 0.05) is 18.0 Å². The number of rotatable bonds is 5. The Morgan fingerprint density at radius 1 is 1.47 bits per heavy atom. The second-order valence-electron chi connectivity index (χ2n) is 4.17. The number of carbonyl (C=O) groups is 1. The van der Waals surface area contributed by atoms with E-state index in [1.165, 1.54) is 16.9 Å². The second-order valence-corrected chi connectivity index (χ2v) is 7.63. The van der Waals surface area contributed by atoms with E-state index in [0.717, 1.165) is 21.8 Å². The molecule has 0 atom stereocenters. The lowest BCUT2D eigenvalue weighted by atomic mass is 10.3. The summed E-state index contributed by atoms with van der Waals surface area (Å²) in [5.74, 6) is 4.88. The Morgan fingerprint density at radius 3 is 2.89 bits per heavy atom. The SMILES string of the molecule is CN(Cc1csc(Br)c1)Cc1ccc(C(=O)NN)s1. The summed E-state index contributed by atoms with van der Waals surface area (Å²) in [7, 11) is 2.06. The molecule has 7 heteroatoms. The lowest BCUT2D eigenvalue weighted by Gasteiger charge is -2.14. The van der Waals surface area contributed by atoms with E-state index in [0.29, 0.717) is 4.88 Å². The Hall–Kier alpha value is -0.730. The number of hydrogen-bond acceptors (Lipinski definition) is 5. The summed E-state index contributed by atoms with van der Waals surface area (Å²) >= 11 is 6.62. The Bertz CT molecular complexity index is 567. The third-order valence-corrected chi connectivity index (χ3v) is 5.14. The van der Waals surface area contributed by atoms with Crippen molar-refractivity contribution in [3.05, 3.63) is 42.7 Å². The van der Waals surface area contributed by atoms with Gasteiger partial charge in [-0.15, -0.1) is 22.7 Å². The van der Waals surface area contributed by atoms with Crippen LogP contribution in [0.4, 0.5) is 0 Å². The van der Waals surface area contributed by atoms with Crippen molar-refractivity contribution in [3.8, 4) is 0 Å². The monoisotopic (exact) mass is 359 g/mol. The number of nitrogen functional groups attached to an aromatic ring is 1. The molecule has 0 saturated carbocycles. The van der Waals surface area contributed by atoms with Crippen molar-refractivity contribution in [3.63, 3.8) is 0 Å². The smallest absolute Gasteiger partial charge is 0.275 e. The van der Waals surface area contributed by atoms with Gasteiger partial charge in [0.2, 0.25) is 0 Å². The molecule has 0 unspecified atom stereocenters. The number of hydrazine groups is 1. The van der Waals surface area contributed by atoms with Gasteiger partial charge in [-0.2, -0.15) is 0 Å². The first-order valence-electron chi connectivity index (χ1n) is 5.59. The normalized spacial score (nSPS) is 10.9. The molecule has 102 valence electrons. The van der Waals surface area contributed by atoms with E-state index in [1.807, 2.05) is 6.07 Å². The first kappa shape index (κ1) is 14.7. The van der Waals surface area contributed by atoms with E-state index >= 15 is 0 Å². The van der Waals surface area contributed by atoms with E-state index in [9.17, 15) is 4.79 Å². The first-order chi connectivity index (χ1) is 9.08. The predicted octanol–water partition coefficient (Wildman–Crippen LogP) is 2.81. The van der Waals surface area contributed by atoms with Crippen LogP contribution in [0.2, 0.25) is 0 Å². The summed E-state index contributed by atoms with van der Waals surface area (Å²) in [6.45, 7) is 1.70. The average molecular weight is 360 g/mol. The van der Waals surface area contributed by atoms with Crippen molar-refractivity contribution < 1.29 is 4.79 Å². The first-order valence-corrected chi connectivity index (χ1v) is 8.08. The van der Waals surface area contributed by atoms with Crippen molar-refractivity contribution in [1.29, 1.82) is 0 Å². The van der Waals surface area contributed by atoms with Crippen LogP contribution in [-0.4, -0.2) is 17.9 Å². The molecule has 1 amide bonds. The summed E-state index contributed by atoms with van der Waals surface area (Å²) in [5.41, 5.74) is 3.43. The number of nitrogens with two attached hydrogens (primary N) is 1. The third kappa shape index (κ3) is 4.12. The Balaban J connectivity index is 1.93. The summed E-state index contributed by atoms with van der Waals surface area (Å²) in [6, 6.07) is 5.90. The summed E-state index contributed by atoms with van der Waals surface area (Å²) < 4.78 is 1.15. The highest BCUT2D eigenvalue weighted by Gasteiger charge is 2.09. The molecule has 0 radical (unpaired) electrons. The molecular formula is C12H14BrN3OS2. The van der Waals surface area contributed by atoms with Gasteiger partial charge in [0.15, 0.2) is 0 Å². The van der Waals surface area contributed by atoms with Crippen LogP contribution in [0.1, 0.15) is 20.1 Å². The van der Waals surface area contributed by atoms with E-state index in [1.54, 1.807) is 17.4 Å². The zero-order valence-electron chi connectivity index (χ0n) is 10.4. The third-order valence-electron chi connectivity index (χ3n) is 2.52. The predicted molar refractivity (Wildman–Crippen MR) is 83.2 cm³/mol. The fraction of sp³-hybridized carbons (Fsp3) is 0.250. The Kier molecular flexibility index (Phi) is 5.12. The fourth-order valence-electron chi connectivity index (χ4n) is 1.72. The number of carbonyl (C=O) groups excluding carboxylic acids is 1. The van der Waals surface area contributed by atoms with Crippen LogP contribution in [0.3, 0.4) is 0 Å². The van der Waals surface area contributed by atoms with Gasteiger partial charge >= 0.3 is 0 Å². The van der Waals surface area contributed by atoms with Gasteiger partial charge in [0.05, 0.1) is 8.66 Å². The number of nitrogens with zero attached hydrogens (tertiary/aromatic N) is 1. The lowest BCUT2D eigenvalue weighted by Crippen LogP contribution is -2.29. The topological polar surface area (TPSA) is 58.4 Å². The Labute approximate surface area is 128 Å². The van der Waals surface area contributed by atoms with Crippen LogP contribution < -0.4 is 11.3 Å². The summed E-state index contributed by atoms with van der Waals surface area (Å²) in [5, 5.41) is 2.14. The molecule has 0 bridgehead atoms. The maximum atomic E-state index is 11.4. The highest BCUT2D eigenvalue weighted by atomic mass is 79.9. The van der Waals surface area contributed by atoms with Crippen molar-refractivity contribution in [2.24, 2.45) is 5.84 Å². The van der Waals surface area contributed by atoms with Crippen LogP contribution in [0.5, 0.6) is 0 Å². The minimum atomic E-state index is -0.235. The molecule has 2 rings (SSSR count). The Morgan fingerprint density at radius 2 is 2.26 bits per heavy atom. The molecule has 0 aromatic carbocycles. The molecular weight excluding hydrogens is 346 g/mol. The largest absolute Gasteiger partial charge is 0.297 e. The summed E-state index contributed by atoms with van der Waals surface area (Å²) in [4.78, 5) is 15.4. The van der Waals surface area contributed by atoms with Gasteiger partial charge in [-0.05, 0) is 52.1 Å². The average Bonchev–Trinajstić information content (AvgIpc) is 2.98. The van der Waals surface area contributed by atoms with Gasteiger partial charge in [-0.1, -0.05) is 0 Å². The highest BCUT2D eigenvalue weighted by molar-refractivity contribution is 9.11.